The summed E-state index contributed by atoms with van der Waals surface area (Å²) < 4.78 is 1.86. The zero-order valence-corrected chi connectivity index (χ0v) is 12.3. The summed E-state index contributed by atoms with van der Waals surface area (Å²) in [7, 11) is 0. The van der Waals surface area contributed by atoms with Crippen LogP contribution >= 0.6 is 0 Å². The molecule has 1 N–H and O–H groups in total. The minimum absolute atomic E-state index is 0.0893. The number of imidazole rings is 1. The van der Waals surface area contributed by atoms with Crippen LogP contribution in [0.5, 0.6) is 0 Å². The molecule has 0 atom stereocenters. The molecule has 0 bridgehead atoms. The average molecular weight is 286 g/mol. The molecule has 1 fully saturated rings. The number of fused-ring (bicyclic) bond motifs is 1. The van der Waals surface area contributed by atoms with Gasteiger partial charge in [-0.05, 0) is 38.1 Å². The quantitative estimate of drug-likeness (QED) is 0.934. The Morgan fingerprint density at radius 3 is 2.76 bits per heavy atom. The molecular weight excluding hydrogens is 264 g/mol. The Hall–Kier alpha value is -1.88. The number of nitrogens with zero attached hydrogens (tertiary/aromatic N) is 3. The first-order chi connectivity index (χ1) is 10.3. The van der Waals surface area contributed by atoms with Crippen LogP contribution in [0.3, 0.4) is 0 Å². The first-order valence-corrected chi connectivity index (χ1v) is 7.77. The second kappa shape index (κ2) is 6.72. The van der Waals surface area contributed by atoms with Crippen LogP contribution in [0.4, 0.5) is 0 Å². The van der Waals surface area contributed by atoms with Crippen molar-refractivity contribution in [2.24, 2.45) is 0 Å². The molecule has 5 nitrogen and oxygen atoms in total. The summed E-state index contributed by atoms with van der Waals surface area (Å²) in [5.41, 5.74) is 1.28. The van der Waals surface area contributed by atoms with Crippen LogP contribution in [0.2, 0.25) is 0 Å². The number of carbonyl (C=O) groups excluding carboxylic acids is 1. The molecular formula is C16H22N4O. The Morgan fingerprint density at radius 2 is 2.00 bits per heavy atom. The SMILES string of the molecule is O=C(NCCN1CCCCCC1)c1cn2ccccc2n1. The predicted molar refractivity (Wildman–Crippen MR) is 82.4 cm³/mol. The molecule has 0 radical (unpaired) electrons. The second-order valence-corrected chi connectivity index (χ2v) is 5.60. The highest BCUT2D eigenvalue weighted by Gasteiger charge is 2.12. The van der Waals surface area contributed by atoms with Crippen molar-refractivity contribution in [1.82, 2.24) is 19.6 Å². The first-order valence-electron chi connectivity index (χ1n) is 7.77. The van der Waals surface area contributed by atoms with Crippen molar-refractivity contribution >= 4 is 11.6 Å². The van der Waals surface area contributed by atoms with E-state index in [0.29, 0.717) is 12.2 Å². The fraction of sp³-hybridized carbons (Fsp3) is 0.500. The van der Waals surface area contributed by atoms with Crippen LogP contribution < -0.4 is 5.32 Å². The molecule has 0 saturated carbocycles. The molecule has 0 aromatic carbocycles. The summed E-state index contributed by atoms with van der Waals surface area (Å²) in [6, 6.07) is 5.74. The number of carbonyl (C=O) groups is 1. The van der Waals surface area contributed by atoms with Crippen molar-refractivity contribution < 1.29 is 4.79 Å². The Balaban J connectivity index is 1.51. The smallest absolute Gasteiger partial charge is 0.271 e. The Bertz CT molecular complexity index is 566. The molecule has 5 heteroatoms. The number of likely N-dealkylation sites (tertiary alicyclic amines) is 1. The van der Waals surface area contributed by atoms with Gasteiger partial charge in [0.15, 0.2) is 0 Å². The monoisotopic (exact) mass is 286 g/mol. The number of amides is 1. The number of nitrogens with one attached hydrogen (secondary N) is 1. The lowest BCUT2D eigenvalue weighted by Crippen LogP contribution is -2.35. The van der Waals surface area contributed by atoms with Crippen LogP contribution in [-0.4, -0.2) is 46.4 Å². The van der Waals surface area contributed by atoms with E-state index in [9.17, 15) is 4.79 Å². The van der Waals surface area contributed by atoms with Gasteiger partial charge in [0.2, 0.25) is 0 Å². The highest BCUT2D eigenvalue weighted by Crippen LogP contribution is 2.09. The van der Waals surface area contributed by atoms with Gasteiger partial charge in [-0.3, -0.25) is 4.79 Å². The molecule has 1 saturated heterocycles. The summed E-state index contributed by atoms with van der Waals surface area (Å²) in [5, 5.41) is 2.97. The summed E-state index contributed by atoms with van der Waals surface area (Å²) >= 11 is 0. The first kappa shape index (κ1) is 14.1. The lowest BCUT2D eigenvalue weighted by atomic mass is 10.2. The van der Waals surface area contributed by atoms with Gasteiger partial charge >= 0.3 is 0 Å². The molecule has 2 aromatic rings. The van der Waals surface area contributed by atoms with Crippen molar-refractivity contribution in [3.8, 4) is 0 Å². The van der Waals surface area contributed by atoms with E-state index in [2.05, 4.69) is 15.2 Å². The minimum Gasteiger partial charge on any atom is -0.349 e. The number of hydrogen-bond acceptors (Lipinski definition) is 3. The highest BCUT2D eigenvalue weighted by molar-refractivity contribution is 5.92. The van der Waals surface area contributed by atoms with Gasteiger partial charge in [-0.15, -0.1) is 0 Å². The van der Waals surface area contributed by atoms with Gasteiger partial charge < -0.3 is 14.6 Å². The molecule has 3 heterocycles. The van der Waals surface area contributed by atoms with Gasteiger partial charge in [0, 0.05) is 25.5 Å². The Morgan fingerprint density at radius 1 is 1.19 bits per heavy atom. The van der Waals surface area contributed by atoms with Crippen LogP contribution in [0.25, 0.3) is 5.65 Å². The Labute approximate surface area is 125 Å². The number of rotatable bonds is 4. The largest absolute Gasteiger partial charge is 0.349 e. The molecule has 0 aliphatic carbocycles. The zero-order valence-electron chi connectivity index (χ0n) is 12.3. The van der Waals surface area contributed by atoms with Crippen molar-refractivity contribution in [2.45, 2.75) is 25.7 Å². The van der Waals surface area contributed by atoms with E-state index in [4.69, 9.17) is 0 Å². The van der Waals surface area contributed by atoms with E-state index in [1.807, 2.05) is 28.8 Å². The van der Waals surface area contributed by atoms with Gasteiger partial charge in [0.1, 0.15) is 11.3 Å². The third-order valence-corrected chi connectivity index (χ3v) is 4.01. The molecule has 1 amide bonds. The van der Waals surface area contributed by atoms with Crippen LogP contribution in [0.1, 0.15) is 36.2 Å². The summed E-state index contributed by atoms with van der Waals surface area (Å²) in [5.74, 6) is -0.0893. The topological polar surface area (TPSA) is 49.6 Å². The fourth-order valence-electron chi connectivity index (χ4n) is 2.82. The number of aromatic nitrogens is 2. The van der Waals surface area contributed by atoms with E-state index < -0.39 is 0 Å². The Kier molecular flexibility index (Phi) is 4.50. The maximum absolute atomic E-state index is 12.1. The van der Waals surface area contributed by atoms with E-state index in [1.54, 1.807) is 6.20 Å². The molecule has 2 aromatic heterocycles. The molecule has 21 heavy (non-hydrogen) atoms. The van der Waals surface area contributed by atoms with Crippen LogP contribution in [0.15, 0.2) is 30.6 Å². The molecule has 112 valence electrons. The second-order valence-electron chi connectivity index (χ2n) is 5.60. The third kappa shape index (κ3) is 3.61. The third-order valence-electron chi connectivity index (χ3n) is 4.01. The maximum atomic E-state index is 12.1. The van der Waals surface area contributed by atoms with E-state index in [1.165, 1.54) is 25.7 Å². The van der Waals surface area contributed by atoms with Crippen LogP contribution in [-0.2, 0) is 0 Å². The highest BCUT2D eigenvalue weighted by atomic mass is 16.1. The fourth-order valence-corrected chi connectivity index (χ4v) is 2.82. The molecule has 3 rings (SSSR count). The van der Waals surface area contributed by atoms with Crippen molar-refractivity contribution in [2.75, 3.05) is 26.2 Å². The van der Waals surface area contributed by atoms with Crippen molar-refractivity contribution in [3.63, 3.8) is 0 Å². The predicted octanol–water partition coefficient (Wildman–Crippen LogP) is 1.94. The zero-order chi connectivity index (χ0) is 14.5. The van der Waals surface area contributed by atoms with Crippen LogP contribution in [0, 0.1) is 0 Å². The summed E-state index contributed by atoms with van der Waals surface area (Å²) in [4.78, 5) is 18.9. The summed E-state index contributed by atoms with van der Waals surface area (Å²) in [6.45, 7) is 3.93. The molecule has 0 spiro atoms. The van der Waals surface area contributed by atoms with E-state index in [-0.39, 0.29) is 5.91 Å². The molecule has 0 unspecified atom stereocenters. The van der Waals surface area contributed by atoms with Crippen molar-refractivity contribution in [3.05, 3.63) is 36.3 Å². The normalized spacial score (nSPS) is 16.8. The lowest BCUT2D eigenvalue weighted by Gasteiger charge is -2.19. The van der Waals surface area contributed by atoms with Gasteiger partial charge in [-0.2, -0.15) is 0 Å². The molecule has 1 aliphatic rings. The molecule has 1 aliphatic heterocycles. The summed E-state index contributed by atoms with van der Waals surface area (Å²) in [6.07, 6.45) is 8.90. The van der Waals surface area contributed by atoms with Crippen molar-refractivity contribution in [1.29, 1.82) is 0 Å². The number of hydrogen-bond donors (Lipinski definition) is 1. The maximum Gasteiger partial charge on any atom is 0.271 e. The minimum atomic E-state index is -0.0893. The van der Waals surface area contributed by atoms with Gasteiger partial charge in [0.05, 0.1) is 0 Å². The van der Waals surface area contributed by atoms with E-state index >= 15 is 0 Å². The van der Waals surface area contributed by atoms with Gasteiger partial charge in [0.25, 0.3) is 5.91 Å². The average Bonchev–Trinajstić information content (AvgIpc) is 2.77. The van der Waals surface area contributed by atoms with Gasteiger partial charge in [-0.1, -0.05) is 18.9 Å². The van der Waals surface area contributed by atoms with Gasteiger partial charge in [-0.25, -0.2) is 4.98 Å². The standard InChI is InChI=1S/C16H22N4O/c21-16(14-13-20-11-6-3-7-15(20)18-14)17-8-12-19-9-4-1-2-5-10-19/h3,6-7,11,13H,1-2,4-5,8-10,12H2,(H,17,21). The number of pyridine rings is 1. The van der Waals surface area contributed by atoms with E-state index in [0.717, 1.165) is 25.3 Å². The lowest BCUT2D eigenvalue weighted by molar-refractivity contribution is 0.0944.